The Balaban J connectivity index is 2.74. The first-order valence-electron chi connectivity index (χ1n) is 4.68. The lowest BCUT2D eigenvalue weighted by Crippen LogP contribution is -2.00. The van der Waals surface area contributed by atoms with Crippen LogP contribution in [-0.4, -0.2) is 0 Å². The number of rotatable bonds is 2. The molecule has 0 amide bonds. The second-order valence-corrected chi connectivity index (χ2v) is 3.34. The average molecular weight is 150 g/mol. The third-order valence-corrected chi connectivity index (χ3v) is 2.40. The minimum absolute atomic E-state index is 0.764. The molecule has 0 radical (unpaired) electrons. The van der Waals surface area contributed by atoms with E-state index >= 15 is 0 Å². The van der Waals surface area contributed by atoms with Crippen LogP contribution < -0.4 is 0 Å². The zero-order valence-corrected chi connectivity index (χ0v) is 7.85. The summed E-state index contributed by atoms with van der Waals surface area (Å²) in [4.78, 5) is 0. The highest BCUT2D eigenvalue weighted by Gasteiger charge is 2.08. The van der Waals surface area contributed by atoms with Crippen LogP contribution in [0, 0.1) is 5.92 Å². The largest absolute Gasteiger partial charge is 0.0805 e. The van der Waals surface area contributed by atoms with Crippen molar-refractivity contribution in [1.29, 1.82) is 0 Å². The van der Waals surface area contributed by atoms with Gasteiger partial charge in [0.25, 0.3) is 0 Å². The first-order valence-corrected chi connectivity index (χ1v) is 4.68. The summed E-state index contributed by atoms with van der Waals surface area (Å²) in [7, 11) is 0. The van der Waals surface area contributed by atoms with Crippen LogP contribution in [0.2, 0.25) is 0 Å². The van der Waals surface area contributed by atoms with E-state index in [2.05, 4.69) is 32.9 Å². The van der Waals surface area contributed by atoms with E-state index in [-0.39, 0.29) is 0 Å². The molecule has 0 bridgehead atoms. The maximum Gasteiger partial charge on any atom is -0.0221 e. The van der Waals surface area contributed by atoms with Gasteiger partial charge in [0, 0.05) is 0 Å². The monoisotopic (exact) mass is 150 g/mol. The molecule has 1 atom stereocenters. The van der Waals surface area contributed by atoms with Gasteiger partial charge in [0.1, 0.15) is 0 Å². The highest BCUT2D eigenvalue weighted by Crippen LogP contribution is 2.26. The SMILES string of the molecule is CCC1=CCC(C)C=C1CC. The standard InChI is InChI=1S/C11H18/c1-4-10-7-6-9(3)8-11(10)5-2/h7-9H,4-6H2,1-3H3. The molecule has 62 valence electrons. The molecule has 0 fully saturated rings. The Morgan fingerprint density at radius 3 is 2.45 bits per heavy atom. The van der Waals surface area contributed by atoms with E-state index in [0.29, 0.717) is 0 Å². The molecule has 0 aromatic rings. The minimum atomic E-state index is 0.764. The van der Waals surface area contributed by atoms with Crippen molar-refractivity contribution in [2.45, 2.75) is 40.0 Å². The minimum Gasteiger partial charge on any atom is -0.0805 e. The molecule has 1 rings (SSSR count). The quantitative estimate of drug-likeness (QED) is 0.563. The lowest BCUT2D eigenvalue weighted by Gasteiger charge is -2.17. The zero-order chi connectivity index (χ0) is 8.27. The first kappa shape index (κ1) is 8.58. The third-order valence-electron chi connectivity index (χ3n) is 2.40. The van der Waals surface area contributed by atoms with Crippen molar-refractivity contribution < 1.29 is 0 Å². The summed E-state index contributed by atoms with van der Waals surface area (Å²) in [5, 5.41) is 0. The Morgan fingerprint density at radius 1 is 1.27 bits per heavy atom. The van der Waals surface area contributed by atoms with E-state index in [1.807, 2.05) is 0 Å². The molecule has 0 aliphatic heterocycles. The highest BCUT2D eigenvalue weighted by atomic mass is 14.1. The third kappa shape index (κ3) is 1.95. The van der Waals surface area contributed by atoms with Gasteiger partial charge < -0.3 is 0 Å². The molecule has 0 aromatic carbocycles. The van der Waals surface area contributed by atoms with Crippen molar-refractivity contribution in [3.63, 3.8) is 0 Å². The molecule has 1 aliphatic carbocycles. The van der Waals surface area contributed by atoms with Crippen LogP contribution in [0.15, 0.2) is 23.3 Å². The Labute approximate surface area is 70.0 Å². The molecular weight excluding hydrogens is 132 g/mol. The van der Waals surface area contributed by atoms with E-state index in [0.717, 1.165) is 5.92 Å². The molecule has 11 heavy (non-hydrogen) atoms. The molecule has 0 saturated carbocycles. The fourth-order valence-corrected chi connectivity index (χ4v) is 1.69. The topological polar surface area (TPSA) is 0 Å². The van der Waals surface area contributed by atoms with Crippen molar-refractivity contribution >= 4 is 0 Å². The number of hydrogen-bond donors (Lipinski definition) is 0. The van der Waals surface area contributed by atoms with Gasteiger partial charge in [-0.3, -0.25) is 0 Å². The van der Waals surface area contributed by atoms with Crippen molar-refractivity contribution in [3.8, 4) is 0 Å². The van der Waals surface area contributed by atoms with Crippen molar-refractivity contribution in [3.05, 3.63) is 23.3 Å². The van der Waals surface area contributed by atoms with E-state index in [9.17, 15) is 0 Å². The maximum atomic E-state index is 2.43. The molecule has 1 aliphatic rings. The lowest BCUT2D eigenvalue weighted by molar-refractivity contribution is 0.709. The first-order chi connectivity index (χ1) is 5.27. The smallest absolute Gasteiger partial charge is 0.0221 e. The van der Waals surface area contributed by atoms with Crippen LogP contribution in [0.1, 0.15) is 40.0 Å². The van der Waals surface area contributed by atoms with Crippen LogP contribution in [0.4, 0.5) is 0 Å². The Hall–Kier alpha value is -0.520. The van der Waals surface area contributed by atoms with Crippen molar-refractivity contribution in [2.24, 2.45) is 5.92 Å². The lowest BCUT2D eigenvalue weighted by atomic mass is 9.89. The van der Waals surface area contributed by atoms with Crippen LogP contribution in [0.25, 0.3) is 0 Å². The molecule has 0 N–H and O–H groups in total. The second kappa shape index (κ2) is 3.75. The molecule has 0 heteroatoms. The van der Waals surface area contributed by atoms with Crippen LogP contribution in [-0.2, 0) is 0 Å². The van der Waals surface area contributed by atoms with Gasteiger partial charge in [0.15, 0.2) is 0 Å². The predicted molar refractivity (Wildman–Crippen MR) is 50.5 cm³/mol. The van der Waals surface area contributed by atoms with Gasteiger partial charge >= 0.3 is 0 Å². The highest BCUT2D eigenvalue weighted by molar-refractivity contribution is 5.33. The van der Waals surface area contributed by atoms with Crippen LogP contribution in [0.5, 0.6) is 0 Å². The van der Waals surface area contributed by atoms with Gasteiger partial charge in [0.05, 0.1) is 0 Å². The Morgan fingerprint density at radius 2 is 1.91 bits per heavy atom. The van der Waals surface area contributed by atoms with Gasteiger partial charge in [0.2, 0.25) is 0 Å². The van der Waals surface area contributed by atoms with E-state index in [1.54, 1.807) is 11.1 Å². The normalized spacial score (nSPS) is 24.5. The van der Waals surface area contributed by atoms with Gasteiger partial charge in [-0.15, -0.1) is 0 Å². The molecule has 0 spiro atoms. The number of allylic oxidation sites excluding steroid dienone is 4. The summed E-state index contributed by atoms with van der Waals surface area (Å²) >= 11 is 0. The Bertz CT molecular complexity index is 184. The maximum absolute atomic E-state index is 2.43. The van der Waals surface area contributed by atoms with Gasteiger partial charge in [-0.05, 0) is 36.3 Å². The molecule has 0 saturated heterocycles. The fourth-order valence-electron chi connectivity index (χ4n) is 1.69. The summed E-state index contributed by atoms with van der Waals surface area (Å²) in [5.74, 6) is 0.764. The summed E-state index contributed by atoms with van der Waals surface area (Å²) < 4.78 is 0. The summed E-state index contributed by atoms with van der Waals surface area (Å²) in [6, 6.07) is 0. The predicted octanol–water partition coefficient (Wildman–Crippen LogP) is 3.70. The molecule has 0 nitrogen and oxygen atoms in total. The second-order valence-electron chi connectivity index (χ2n) is 3.34. The summed E-state index contributed by atoms with van der Waals surface area (Å²) in [5.41, 5.74) is 3.15. The van der Waals surface area contributed by atoms with Crippen LogP contribution >= 0.6 is 0 Å². The fraction of sp³-hybridized carbons (Fsp3) is 0.636. The summed E-state index contributed by atoms with van der Waals surface area (Å²) in [6.07, 6.45) is 8.48. The summed E-state index contributed by atoms with van der Waals surface area (Å²) in [6.45, 7) is 6.78. The van der Waals surface area contributed by atoms with E-state index in [1.165, 1.54) is 19.3 Å². The average Bonchev–Trinajstić information content (AvgIpc) is 2.04. The van der Waals surface area contributed by atoms with Crippen LogP contribution in [0.3, 0.4) is 0 Å². The van der Waals surface area contributed by atoms with Crippen molar-refractivity contribution in [1.82, 2.24) is 0 Å². The zero-order valence-electron chi connectivity index (χ0n) is 7.85. The molecule has 0 heterocycles. The van der Waals surface area contributed by atoms with E-state index < -0.39 is 0 Å². The van der Waals surface area contributed by atoms with Gasteiger partial charge in [-0.2, -0.15) is 0 Å². The molecule has 1 unspecified atom stereocenters. The van der Waals surface area contributed by atoms with Crippen molar-refractivity contribution in [2.75, 3.05) is 0 Å². The number of hydrogen-bond acceptors (Lipinski definition) is 0. The molecule has 0 aromatic heterocycles. The Kier molecular flexibility index (Phi) is 2.92. The van der Waals surface area contributed by atoms with Gasteiger partial charge in [-0.25, -0.2) is 0 Å². The molecular formula is C11H18. The van der Waals surface area contributed by atoms with E-state index in [4.69, 9.17) is 0 Å². The van der Waals surface area contributed by atoms with Gasteiger partial charge in [-0.1, -0.05) is 32.9 Å².